The number of rotatable bonds is 3. The molecule has 3 aliphatic heterocycles. The zero-order valence-corrected chi connectivity index (χ0v) is 17.1. The number of hydrogen-bond donors (Lipinski definition) is 1. The molecule has 2 fully saturated rings. The highest BCUT2D eigenvalue weighted by molar-refractivity contribution is 6.62. The average molecular weight is 406 g/mol. The van der Waals surface area contributed by atoms with Gasteiger partial charge in [0, 0.05) is 18.5 Å². The van der Waals surface area contributed by atoms with Crippen molar-refractivity contribution in [1.82, 2.24) is 5.32 Å². The molecular weight excluding hydrogens is 382 g/mol. The number of ether oxygens (including phenoxy) is 2. The Hall–Kier alpha value is -2.33. The molecule has 4 rings (SSSR count). The van der Waals surface area contributed by atoms with Crippen molar-refractivity contribution in [1.29, 1.82) is 0 Å². The Morgan fingerprint density at radius 1 is 1.28 bits per heavy atom. The molecule has 0 bridgehead atoms. The van der Waals surface area contributed by atoms with Crippen molar-refractivity contribution >= 4 is 30.3 Å². The van der Waals surface area contributed by atoms with E-state index in [4.69, 9.17) is 18.8 Å². The van der Waals surface area contributed by atoms with Crippen LogP contribution in [0.4, 0.5) is 14.9 Å². The van der Waals surface area contributed by atoms with Crippen molar-refractivity contribution in [3.63, 3.8) is 0 Å². The summed E-state index contributed by atoms with van der Waals surface area (Å²) in [5.41, 5.74) is -0.721. The molecule has 1 aromatic carbocycles. The number of halogens is 1. The number of carbonyl (C=O) groups is 2. The van der Waals surface area contributed by atoms with E-state index in [0.717, 1.165) is 0 Å². The number of benzene rings is 1. The zero-order chi connectivity index (χ0) is 21.1. The Kier molecular flexibility index (Phi) is 4.54. The molecule has 2 amide bonds. The number of amides is 2. The van der Waals surface area contributed by atoms with Crippen LogP contribution < -0.4 is 20.4 Å². The summed E-state index contributed by atoms with van der Waals surface area (Å²) in [5.74, 6) is -0.441. The van der Waals surface area contributed by atoms with E-state index in [1.807, 2.05) is 27.7 Å². The van der Waals surface area contributed by atoms with Gasteiger partial charge in [-0.25, -0.2) is 9.18 Å². The molecule has 156 valence electrons. The molecule has 0 aliphatic carbocycles. The Labute approximate surface area is 168 Å². The van der Waals surface area contributed by atoms with Crippen LogP contribution in [0.1, 0.15) is 34.6 Å². The summed E-state index contributed by atoms with van der Waals surface area (Å²) < 4.78 is 38.1. The highest BCUT2D eigenvalue weighted by atomic mass is 19.1. The number of cyclic esters (lactones) is 1. The van der Waals surface area contributed by atoms with Crippen molar-refractivity contribution < 1.29 is 32.8 Å². The lowest BCUT2D eigenvalue weighted by Gasteiger charge is -2.32. The van der Waals surface area contributed by atoms with Gasteiger partial charge >= 0.3 is 13.2 Å². The van der Waals surface area contributed by atoms with E-state index in [2.05, 4.69) is 5.32 Å². The second-order valence-corrected chi connectivity index (χ2v) is 8.54. The van der Waals surface area contributed by atoms with E-state index in [1.54, 1.807) is 0 Å². The van der Waals surface area contributed by atoms with Crippen molar-refractivity contribution in [3.8, 4) is 5.75 Å². The number of carbonyl (C=O) groups excluding carboxylic acids is 2. The van der Waals surface area contributed by atoms with E-state index in [9.17, 15) is 9.59 Å². The maximum Gasteiger partial charge on any atom is 0.497 e. The smallest absolute Gasteiger partial charge is 0.489 e. The van der Waals surface area contributed by atoms with Crippen LogP contribution in [0.15, 0.2) is 12.1 Å². The van der Waals surface area contributed by atoms with Gasteiger partial charge in [-0.15, -0.1) is 0 Å². The van der Waals surface area contributed by atoms with Gasteiger partial charge in [0.2, 0.25) is 5.91 Å². The first-order chi connectivity index (χ1) is 13.5. The van der Waals surface area contributed by atoms with Crippen molar-refractivity contribution in [2.75, 3.05) is 18.1 Å². The van der Waals surface area contributed by atoms with Crippen LogP contribution in [0.3, 0.4) is 0 Å². The molecule has 0 spiro atoms. The molecule has 1 N–H and O–H groups in total. The summed E-state index contributed by atoms with van der Waals surface area (Å²) in [7, 11) is -0.885. The highest BCUT2D eigenvalue weighted by Gasteiger charge is 2.53. The lowest BCUT2D eigenvalue weighted by molar-refractivity contribution is -0.119. The van der Waals surface area contributed by atoms with Gasteiger partial charge in [-0.1, -0.05) is 0 Å². The first-order valence-electron chi connectivity index (χ1n) is 9.56. The van der Waals surface area contributed by atoms with Crippen LogP contribution in [-0.4, -0.2) is 55.6 Å². The van der Waals surface area contributed by atoms with Gasteiger partial charge in [-0.3, -0.25) is 9.69 Å². The van der Waals surface area contributed by atoms with Gasteiger partial charge in [-0.05, 0) is 33.8 Å². The van der Waals surface area contributed by atoms with Crippen LogP contribution in [0, 0.1) is 5.82 Å². The topological polar surface area (TPSA) is 86.3 Å². The van der Waals surface area contributed by atoms with Gasteiger partial charge in [0.25, 0.3) is 0 Å². The van der Waals surface area contributed by atoms with Crippen LogP contribution >= 0.6 is 0 Å². The molecule has 2 saturated heterocycles. The van der Waals surface area contributed by atoms with Crippen LogP contribution in [0.2, 0.25) is 0 Å². The lowest BCUT2D eigenvalue weighted by atomic mass is 9.78. The van der Waals surface area contributed by atoms with Gasteiger partial charge < -0.3 is 24.1 Å². The maximum atomic E-state index is 15.0. The second-order valence-electron chi connectivity index (χ2n) is 8.54. The van der Waals surface area contributed by atoms with Crippen molar-refractivity contribution in [2.24, 2.45) is 0 Å². The summed E-state index contributed by atoms with van der Waals surface area (Å²) in [4.78, 5) is 25.0. The minimum absolute atomic E-state index is 0.162. The Balaban J connectivity index is 1.62. The van der Waals surface area contributed by atoms with E-state index in [-0.39, 0.29) is 30.2 Å². The van der Waals surface area contributed by atoms with Crippen molar-refractivity contribution in [2.45, 2.75) is 58.0 Å². The van der Waals surface area contributed by atoms with E-state index in [1.165, 1.54) is 24.0 Å². The van der Waals surface area contributed by atoms with E-state index >= 15 is 4.39 Å². The summed E-state index contributed by atoms with van der Waals surface area (Å²) in [6.07, 6.45) is -1.18. The number of nitrogens with zero attached hydrogens (tertiary/aromatic N) is 1. The molecule has 0 saturated carbocycles. The van der Waals surface area contributed by atoms with Gasteiger partial charge in [0.15, 0.2) is 0 Å². The lowest BCUT2D eigenvalue weighted by Crippen LogP contribution is -2.48. The summed E-state index contributed by atoms with van der Waals surface area (Å²) in [6, 6.07) is 2.30. The Bertz CT molecular complexity index is 861. The number of hydrogen-bond acceptors (Lipinski definition) is 6. The summed E-state index contributed by atoms with van der Waals surface area (Å²) >= 11 is 0. The Morgan fingerprint density at radius 3 is 2.55 bits per heavy atom. The third-order valence-electron chi connectivity index (χ3n) is 6.02. The first kappa shape index (κ1) is 20.0. The summed E-state index contributed by atoms with van der Waals surface area (Å²) in [5, 5.41) is 2.63. The normalized spacial score (nSPS) is 26.5. The molecule has 3 heterocycles. The van der Waals surface area contributed by atoms with Crippen LogP contribution in [0.25, 0.3) is 0 Å². The Morgan fingerprint density at radius 2 is 1.93 bits per heavy atom. The molecule has 3 aliphatic rings. The molecule has 10 heteroatoms. The maximum absolute atomic E-state index is 15.0. The molecule has 1 aromatic rings. The van der Waals surface area contributed by atoms with Crippen LogP contribution in [0.5, 0.6) is 5.75 Å². The van der Waals surface area contributed by atoms with Gasteiger partial charge in [-0.2, -0.15) is 0 Å². The fourth-order valence-electron chi connectivity index (χ4n) is 3.64. The quantitative estimate of drug-likeness (QED) is 0.763. The fraction of sp³-hybridized carbons (Fsp3) is 0.579. The van der Waals surface area contributed by atoms with Gasteiger partial charge in [0.05, 0.1) is 23.4 Å². The van der Waals surface area contributed by atoms with E-state index < -0.39 is 42.4 Å². The largest absolute Gasteiger partial charge is 0.497 e. The van der Waals surface area contributed by atoms with E-state index in [0.29, 0.717) is 5.75 Å². The molecule has 8 nitrogen and oxygen atoms in total. The molecule has 0 radical (unpaired) electrons. The van der Waals surface area contributed by atoms with Gasteiger partial charge in [0.1, 0.15) is 30.3 Å². The number of nitrogens with one attached hydrogen (secondary N) is 1. The fourth-order valence-corrected chi connectivity index (χ4v) is 3.64. The predicted octanol–water partition coefficient (Wildman–Crippen LogP) is 1.35. The SMILES string of the molecule is CC(=O)NCC1OC(=O)N2c3cc(F)c(B4OC(C)(C)C(C)(C)O4)cc3OCC12. The highest BCUT2D eigenvalue weighted by Crippen LogP contribution is 2.41. The van der Waals surface area contributed by atoms with Crippen LogP contribution in [-0.2, 0) is 18.8 Å². The predicted molar refractivity (Wildman–Crippen MR) is 103 cm³/mol. The second kappa shape index (κ2) is 6.60. The third-order valence-corrected chi connectivity index (χ3v) is 6.02. The standard InChI is InChI=1S/C19H24BFN2O6/c1-10(24)22-8-16-14-9-26-15-6-11(20-28-18(2,3)19(4,5)29-20)12(21)7-13(15)23(14)17(25)27-16/h6-7,14,16H,8-9H2,1-5H3,(H,22,24). The minimum atomic E-state index is -0.885. The third kappa shape index (κ3) is 3.24. The molecule has 2 unspecified atom stereocenters. The molecule has 0 aromatic heterocycles. The first-order valence-corrected chi connectivity index (χ1v) is 9.56. The molecular formula is C19H24BFN2O6. The summed E-state index contributed by atoms with van der Waals surface area (Å²) in [6.45, 7) is 9.26. The average Bonchev–Trinajstić information content (AvgIpc) is 3.05. The zero-order valence-electron chi connectivity index (χ0n) is 17.1. The minimum Gasteiger partial charge on any atom is -0.489 e. The molecule has 2 atom stereocenters. The van der Waals surface area contributed by atoms with Crippen molar-refractivity contribution in [3.05, 3.63) is 17.9 Å². The number of anilines is 1. The molecule has 29 heavy (non-hydrogen) atoms. The monoisotopic (exact) mass is 406 g/mol. The number of fused-ring (bicyclic) bond motifs is 3.